The summed E-state index contributed by atoms with van der Waals surface area (Å²) in [4.78, 5) is 40.8. The molecule has 0 spiro atoms. The van der Waals surface area contributed by atoms with Crippen molar-refractivity contribution in [3.05, 3.63) is 118 Å². The predicted octanol–water partition coefficient (Wildman–Crippen LogP) is 4.33. The van der Waals surface area contributed by atoms with Crippen LogP contribution in [0.4, 0.5) is 0 Å². The third kappa shape index (κ3) is 5.87. The maximum atomic E-state index is 12.8. The van der Waals surface area contributed by atoms with Crippen LogP contribution in [0, 0.1) is 0 Å². The number of nitrogens with zero attached hydrogens (tertiary/aromatic N) is 3. The summed E-state index contributed by atoms with van der Waals surface area (Å²) in [6.45, 7) is -0.350. The summed E-state index contributed by atoms with van der Waals surface area (Å²) in [5.74, 6) is -2.08. The van der Waals surface area contributed by atoms with Crippen LogP contribution in [0.1, 0.15) is 31.1 Å². The lowest BCUT2D eigenvalue weighted by Gasteiger charge is -2.23. The summed E-state index contributed by atoms with van der Waals surface area (Å²) in [6.07, 6.45) is -4.92. The quantitative estimate of drug-likeness (QED) is 0.152. The molecule has 0 saturated carbocycles. The van der Waals surface area contributed by atoms with E-state index in [2.05, 4.69) is 10.0 Å². The summed E-state index contributed by atoms with van der Waals surface area (Å²) >= 11 is 0. The van der Waals surface area contributed by atoms with Crippen LogP contribution in [-0.2, 0) is 18.9 Å². The lowest BCUT2D eigenvalue weighted by Crippen LogP contribution is -2.41. The number of hydrogen-bond acceptors (Lipinski definition) is 8. The molecule has 4 atom stereocenters. The van der Waals surface area contributed by atoms with Crippen LogP contribution >= 0.6 is 0 Å². The average Bonchev–Trinajstić information content (AvgIpc) is 3.24. The molecule has 3 aromatic carbocycles. The van der Waals surface area contributed by atoms with Crippen molar-refractivity contribution in [1.29, 1.82) is 0 Å². The molecule has 1 heterocycles. The standard InChI is InChI=1S/C26H21N3O7/c27-29-28-23-22(36-26(32)19-14-8-3-9-15-19)21(35-25(31)18-12-6-2-7-13-18)20(34-23)16-33-24(30)17-10-4-1-5-11-17/h1-15,20-23H,16H2/t20-,21-,22-,23-/m1/s1. The van der Waals surface area contributed by atoms with E-state index in [1.165, 1.54) is 0 Å². The van der Waals surface area contributed by atoms with Crippen LogP contribution in [-0.4, -0.2) is 49.1 Å². The highest BCUT2D eigenvalue weighted by molar-refractivity contribution is 5.91. The summed E-state index contributed by atoms with van der Waals surface area (Å²) < 4.78 is 22.3. The first kappa shape index (κ1) is 24.5. The molecule has 1 aliphatic rings. The molecule has 4 rings (SSSR count). The minimum atomic E-state index is -1.32. The topological polar surface area (TPSA) is 137 Å². The Hall–Kier alpha value is -4.66. The first-order valence-electron chi connectivity index (χ1n) is 11.0. The van der Waals surface area contributed by atoms with Gasteiger partial charge >= 0.3 is 17.9 Å². The number of esters is 3. The van der Waals surface area contributed by atoms with Crippen molar-refractivity contribution in [3.8, 4) is 0 Å². The van der Waals surface area contributed by atoms with Gasteiger partial charge in [-0.1, -0.05) is 59.7 Å². The summed E-state index contributed by atoms with van der Waals surface area (Å²) in [5.41, 5.74) is 9.84. The van der Waals surface area contributed by atoms with Crippen molar-refractivity contribution in [2.45, 2.75) is 24.5 Å². The predicted molar refractivity (Wildman–Crippen MR) is 126 cm³/mol. The van der Waals surface area contributed by atoms with E-state index >= 15 is 0 Å². The maximum absolute atomic E-state index is 12.8. The normalized spacial score (nSPS) is 20.6. The molecule has 1 aliphatic heterocycles. The molecule has 0 aromatic heterocycles. The lowest BCUT2D eigenvalue weighted by molar-refractivity contribution is -0.0445. The van der Waals surface area contributed by atoms with E-state index in [4.69, 9.17) is 24.5 Å². The highest BCUT2D eigenvalue weighted by atomic mass is 16.7. The van der Waals surface area contributed by atoms with Gasteiger partial charge in [-0.15, -0.1) is 0 Å². The third-order valence-electron chi connectivity index (χ3n) is 5.34. The molecular weight excluding hydrogens is 466 g/mol. The van der Waals surface area contributed by atoms with E-state index in [9.17, 15) is 14.4 Å². The Morgan fingerprint density at radius 1 is 0.722 bits per heavy atom. The Morgan fingerprint density at radius 3 is 1.64 bits per heavy atom. The second kappa shape index (κ2) is 11.7. The molecule has 0 aliphatic carbocycles. The first-order valence-corrected chi connectivity index (χ1v) is 11.0. The number of azide groups is 1. The van der Waals surface area contributed by atoms with Crippen molar-refractivity contribution in [2.24, 2.45) is 5.11 Å². The summed E-state index contributed by atoms with van der Waals surface area (Å²) in [7, 11) is 0. The van der Waals surface area contributed by atoms with Gasteiger partial charge in [-0.25, -0.2) is 14.4 Å². The highest BCUT2D eigenvalue weighted by Gasteiger charge is 2.50. The smallest absolute Gasteiger partial charge is 0.338 e. The monoisotopic (exact) mass is 487 g/mol. The van der Waals surface area contributed by atoms with Gasteiger partial charge in [0, 0.05) is 4.91 Å². The van der Waals surface area contributed by atoms with E-state index < -0.39 is 42.4 Å². The Kier molecular flexibility index (Phi) is 7.92. The number of carbonyl (C=O) groups is 3. The maximum Gasteiger partial charge on any atom is 0.338 e. The van der Waals surface area contributed by atoms with Crippen molar-refractivity contribution in [2.75, 3.05) is 6.61 Å². The minimum Gasteiger partial charge on any atom is -0.459 e. The third-order valence-corrected chi connectivity index (χ3v) is 5.34. The fourth-order valence-corrected chi connectivity index (χ4v) is 3.60. The second-order valence-corrected chi connectivity index (χ2v) is 7.71. The molecule has 0 N–H and O–H groups in total. The van der Waals surface area contributed by atoms with Crippen LogP contribution in [0.2, 0.25) is 0 Å². The van der Waals surface area contributed by atoms with Gasteiger partial charge in [0.15, 0.2) is 18.4 Å². The number of rotatable bonds is 8. The van der Waals surface area contributed by atoms with Gasteiger partial charge in [-0.2, -0.15) is 0 Å². The second-order valence-electron chi connectivity index (χ2n) is 7.71. The van der Waals surface area contributed by atoms with Crippen LogP contribution in [0.5, 0.6) is 0 Å². The van der Waals surface area contributed by atoms with Crippen LogP contribution in [0.15, 0.2) is 96.1 Å². The molecule has 1 saturated heterocycles. The van der Waals surface area contributed by atoms with Gasteiger partial charge in [-0.05, 0) is 41.9 Å². The number of benzene rings is 3. The summed E-state index contributed by atoms with van der Waals surface area (Å²) in [6, 6.07) is 24.6. The van der Waals surface area contributed by atoms with Gasteiger partial charge in [0.2, 0.25) is 0 Å². The molecule has 1 fully saturated rings. The SMILES string of the molecule is [N-]=[N+]=N[C@@H]1O[C@H](COC(=O)c2ccccc2)[C@@H](OC(=O)c2ccccc2)[C@H]1OC(=O)c1ccccc1. The van der Waals surface area contributed by atoms with Crippen LogP contribution < -0.4 is 0 Å². The Bertz CT molecular complexity index is 1250. The van der Waals surface area contributed by atoms with Gasteiger partial charge < -0.3 is 18.9 Å². The van der Waals surface area contributed by atoms with Crippen molar-refractivity contribution < 1.29 is 33.3 Å². The number of ether oxygens (including phenoxy) is 4. The largest absolute Gasteiger partial charge is 0.459 e. The molecule has 3 aromatic rings. The zero-order chi connectivity index (χ0) is 25.3. The Labute approximate surface area is 206 Å². The zero-order valence-electron chi connectivity index (χ0n) is 18.9. The van der Waals surface area contributed by atoms with Gasteiger partial charge in [-0.3, -0.25) is 0 Å². The molecular formula is C26H21N3O7. The molecule has 10 heteroatoms. The zero-order valence-corrected chi connectivity index (χ0v) is 18.9. The Balaban J connectivity index is 1.58. The van der Waals surface area contributed by atoms with E-state index in [1.807, 2.05) is 0 Å². The molecule has 0 unspecified atom stereocenters. The highest BCUT2D eigenvalue weighted by Crippen LogP contribution is 2.30. The average molecular weight is 487 g/mol. The van der Waals surface area contributed by atoms with Crippen molar-refractivity contribution >= 4 is 17.9 Å². The first-order chi connectivity index (χ1) is 17.6. The van der Waals surface area contributed by atoms with Gasteiger partial charge in [0.25, 0.3) is 0 Å². The van der Waals surface area contributed by atoms with Crippen molar-refractivity contribution in [3.63, 3.8) is 0 Å². The van der Waals surface area contributed by atoms with Gasteiger partial charge in [0.05, 0.1) is 16.7 Å². The lowest BCUT2D eigenvalue weighted by atomic mass is 10.1. The minimum absolute atomic E-state index is 0.240. The van der Waals surface area contributed by atoms with Crippen LogP contribution in [0.3, 0.4) is 0 Å². The van der Waals surface area contributed by atoms with E-state index in [0.29, 0.717) is 5.56 Å². The van der Waals surface area contributed by atoms with E-state index in [-0.39, 0.29) is 17.7 Å². The molecule has 0 amide bonds. The molecule has 0 bridgehead atoms. The van der Waals surface area contributed by atoms with Gasteiger partial charge in [0.1, 0.15) is 12.7 Å². The van der Waals surface area contributed by atoms with E-state index in [1.54, 1.807) is 91.0 Å². The fraction of sp³-hybridized carbons (Fsp3) is 0.192. The van der Waals surface area contributed by atoms with Crippen molar-refractivity contribution in [1.82, 2.24) is 0 Å². The van der Waals surface area contributed by atoms with E-state index in [0.717, 1.165) is 0 Å². The molecule has 0 radical (unpaired) electrons. The Morgan fingerprint density at radius 2 is 1.17 bits per heavy atom. The van der Waals surface area contributed by atoms with Crippen LogP contribution in [0.25, 0.3) is 10.4 Å². The number of hydrogen-bond donors (Lipinski definition) is 0. The number of carbonyl (C=O) groups excluding carboxylic acids is 3. The molecule has 36 heavy (non-hydrogen) atoms. The summed E-state index contributed by atoms with van der Waals surface area (Å²) in [5, 5.41) is 3.57. The molecule has 10 nitrogen and oxygen atoms in total. The molecule has 182 valence electrons. The fourth-order valence-electron chi connectivity index (χ4n) is 3.60.